The summed E-state index contributed by atoms with van der Waals surface area (Å²) in [6, 6.07) is 6.53. The van der Waals surface area contributed by atoms with Crippen LogP contribution in [0.15, 0.2) is 24.3 Å². The number of ether oxygens (including phenoxy) is 1. The molecule has 0 atom stereocenters. The van der Waals surface area contributed by atoms with Gasteiger partial charge >= 0.3 is 6.09 Å². The van der Waals surface area contributed by atoms with Gasteiger partial charge in [-0.3, -0.25) is 0 Å². The van der Waals surface area contributed by atoms with E-state index in [0.717, 1.165) is 5.56 Å². The molecule has 1 aromatic carbocycles. The Labute approximate surface area is 129 Å². The standard InChI is InChI=1S/C16H22F2N2O2/c1-16(2,3)22-15(21)20-9-13(10-20)19-8-11-5-4-6-12(7-11)14(17)18/h4-7,13-14,19H,8-10H2,1-3H3. The summed E-state index contributed by atoms with van der Waals surface area (Å²) in [4.78, 5) is 13.4. The fourth-order valence-electron chi connectivity index (χ4n) is 2.18. The van der Waals surface area contributed by atoms with E-state index in [9.17, 15) is 13.6 Å². The van der Waals surface area contributed by atoms with Gasteiger partial charge in [0.2, 0.25) is 0 Å². The lowest BCUT2D eigenvalue weighted by Gasteiger charge is -2.40. The second-order valence-electron chi connectivity index (χ2n) is 6.51. The van der Waals surface area contributed by atoms with Crippen LogP contribution in [0.25, 0.3) is 0 Å². The first kappa shape index (κ1) is 16.7. The Morgan fingerprint density at radius 3 is 2.68 bits per heavy atom. The predicted octanol–water partition coefficient (Wildman–Crippen LogP) is 3.33. The van der Waals surface area contributed by atoms with Crippen molar-refractivity contribution in [2.45, 2.75) is 45.4 Å². The van der Waals surface area contributed by atoms with Crippen molar-refractivity contribution in [3.05, 3.63) is 35.4 Å². The average molecular weight is 312 g/mol. The highest BCUT2D eigenvalue weighted by Gasteiger charge is 2.33. The molecule has 0 aromatic heterocycles. The lowest BCUT2D eigenvalue weighted by atomic mass is 10.1. The molecule has 2 rings (SSSR count). The van der Waals surface area contributed by atoms with E-state index < -0.39 is 12.0 Å². The van der Waals surface area contributed by atoms with Crippen LogP contribution in [0.2, 0.25) is 0 Å². The number of carbonyl (C=O) groups excluding carboxylic acids is 1. The van der Waals surface area contributed by atoms with E-state index in [1.807, 2.05) is 26.8 Å². The Kier molecular flexibility index (Phi) is 5.01. The Bertz CT molecular complexity index is 523. The zero-order chi connectivity index (χ0) is 16.3. The monoisotopic (exact) mass is 312 g/mol. The zero-order valence-electron chi connectivity index (χ0n) is 13.1. The maximum atomic E-state index is 12.6. The second-order valence-corrected chi connectivity index (χ2v) is 6.51. The highest BCUT2D eigenvalue weighted by atomic mass is 19.3. The minimum atomic E-state index is -2.45. The molecule has 122 valence electrons. The smallest absolute Gasteiger partial charge is 0.410 e. The van der Waals surface area contributed by atoms with Crippen molar-refractivity contribution in [1.29, 1.82) is 0 Å². The maximum Gasteiger partial charge on any atom is 0.410 e. The molecule has 1 aliphatic heterocycles. The Hall–Kier alpha value is -1.69. The zero-order valence-corrected chi connectivity index (χ0v) is 13.1. The minimum absolute atomic E-state index is 0.0308. The molecule has 0 aliphatic carbocycles. The van der Waals surface area contributed by atoms with E-state index in [2.05, 4.69) is 5.32 Å². The molecule has 4 nitrogen and oxygen atoms in total. The Morgan fingerprint density at radius 2 is 2.09 bits per heavy atom. The maximum absolute atomic E-state index is 12.6. The van der Waals surface area contributed by atoms with Crippen molar-refractivity contribution in [3.8, 4) is 0 Å². The third kappa shape index (κ3) is 4.66. The van der Waals surface area contributed by atoms with Crippen molar-refractivity contribution in [2.75, 3.05) is 13.1 Å². The molecule has 0 bridgehead atoms. The number of rotatable bonds is 4. The number of benzene rings is 1. The lowest BCUT2D eigenvalue weighted by Crippen LogP contribution is -2.60. The number of halogens is 2. The van der Waals surface area contributed by atoms with Crippen molar-refractivity contribution >= 4 is 6.09 Å². The van der Waals surface area contributed by atoms with E-state index in [-0.39, 0.29) is 17.7 Å². The van der Waals surface area contributed by atoms with Gasteiger partial charge in [0.1, 0.15) is 5.60 Å². The molecule has 1 fully saturated rings. The van der Waals surface area contributed by atoms with Gasteiger partial charge in [-0.15, -0.1) is 0 Å². The van der Waals surface area contributed by atoms with E-state index in [1.165, 1.54) is 12.1 Å². The van der Waals surface area contributed by atoms with Gasteiger partial charge in [-0.25, -0.2) is 13.6 Å². The average Bonchev–Trinajstić information content (AvgIpc) is 2.35. The van der Waals surface area contributed by atoms with Crippen LogP contribution in [-0.2, 0) is 11.3 Å². The topological polar surface area (TPSA) is 41.6 Å². The number of likely N-dealkylation sites (tertiary alicyclic amines) is 1. The second kappa shape index (κ2) is 6.60. The Balaban J connectivity index is 1.74. The lowest BCUT2D eigenvalue weighted by molar-refractivity contribution is 0.00518. The number of hydrogen-bond donors (Lipinski definition) is 1. The van der Waals surface area contributed by atoms with Crippen LogP contribution in [0.5, 0.6) is 0 Å². The third-order valence-corrected chi connectivity index (χ3v) is 3.33. The first-order valence-corrected chi connectivity index (χ1v) is 7.33. The first-order chi connectivity index (χ1) is 10.2. The number of carbonyl (C=O) groups is 1. The summed E-state index contributed by atoms with van der Waals surface area (Å²) in [6.45, 7) is 7.14. The van der Waals surface area contributed by atoms with Gasteiger partial charge in [-0.1, -0.05) is 18.2 Å². The van der Waals surface area contributed by atoms with Crippen molar-refractivity contribution in [1.82, 2.24) is 10.2 Å². The summed E-state index contributed by atoms with van der Waals surface area (Å²) >= 11 is 0. The molecule has 6 heteroatoms. The number of nitrogens with zero attached hydrogens (tertiary/aromatic N) is 1. The SMILES string of the molecule is CC(C)(C)OC(=O)N1CC(NCc2cccc(C(F)F)c2)C1. The molecule has 1 aliphatic rings. The molecule has 22 heavy (non-hydrogen) atoms. The van der Waals surface area contributed by atoms with Gasteiger partial charge in [0.15, 0.2) is 0 Å². The number of alkyl halides is 2. The molecule has 1 aromatic rings. The fourth-order valence-corrected chi connectivity index (χ4v) is 2.18. The highest BCUT2D eigenvalue weighted by molar-refractivity contribution is 5.69. The van der Waals surface area contributed by atoms with Gasteiger partial charge in [0.05, 0.1) is 0 Å². The van der Waals surface area contributed by atoms with E-state index >= 15 is 0 Å². The number of nitrogens with one attached hydrogen (secondary N) is 1. The van der Waals surface area contributed by atoms with Crippen molar-refractivity contribution < 1.29 is 18.3 Å². The van der Waals surface area contributed by atoms with Gasteiger partial charge in [0.25, 0.3) is 6.43 Å². The molecule has 0 saturated carbocycles. The number of amides is 1. The first-order valence-electron chi connectivity index (χ1n) is 7.33. The molecular weight excluding hydrogens is 290 g/mol. The molecule has 1 saturated heterocycles. The quantitative estimate of drug-likeness (QED) is 0.927. The van der Waals surface area contributed by atoms with Gasteiger partial charge in [0, 0.05) is 31.2 Å². The minimum Gasteiger partial charge on any atom is -0.444 e. The van der Waals surface area contributed by atoms with Crippen LogP contribution in [0, 0.1) is 0 Å². The van der Waals surface area contributed by atoms with Gasteiger partial charge in [-0.05, 0) is 32.4 Å². The van der Waals surface area contributed by atoms with Crippen LogP contribution in [0.1, 0.15) is 38.3 Å². The molecule has 1 N–H and O–H groups in total. The largest absolute Gasteiger partial charge is 0.444 e. The van der Waals surface area contributed by atoms with Crippen LogP contribution in [-0.4, -0.2) is 35.7 Å². The summed E-state index contributed by atoms with van der Waals surface area (Å²) < 4.78 is 30.5. The molecule has 0 spiro atoms. The van der Waals surface area contributed by atoms with Crippen molar-refractivity contribution in [2.24, 2.45) is 0 Å². The molecule has 0 radical (unpaired) electrons. The van der Waals surface area contributed by atoms with Crippen molar-refractivity contribution in [3.63, 3.8) is 0 Å². The highest BCUT2D eigenvalue weighted by Crippen LogP contribution is 2.20. The third-order valence-electron chi connectivity index (χ3n) is 3.33. The van der Waals surface area contributed by atoms with E-state index in [4.69, 9.17) is 4.74 Å². The van der Waals surface area contributed by atoms with Crippen LogP contribution in [0.3, 0.4) is 0 Å². The van der Waals surface area contributed by atoms with Crippen LogP contribution in [0.4, 0.5) is 13.6 Å². The summed E-state index contributed by atoms with van der Waals surface area (Å²) in [6.07, 6.45) is -2.77. The molecular formula is C16H22F2N2O2. The summed E-state index contributed by atoms with van der Waals surface area (Å²) in [7, 11) is 0. The molecule has 1 heterocycles. The van der Waals surface area contributed by atoms with E-state index in [0.29, 0.717) is 19.6 Å². The van der Waals surface area contributed by atoms with Gasteiger partial charge in [-0.2, -0.15) is 0 Å². The summed E-state index contributed by atoms with van der Waals surface area (Å²) in [5.41, 5.74) is 0.350. The molecule has 0 unspecified atom stereocenters. The molecule has 1 amide bonds. The summed E-state index contributed by atoms with van der Waals surface area (Å²) in [5.74, 6) is 0. The predicted molar refractivity (Wildman–Crippen MR) is 79.8 cm³/mol. The normalized spacial score (nSPS) is 15.8. The summed E-state index contributed by atoms with van der Waals surface area (Å²) in [5, 5.41) is 3.25. The van der Waals surface area contributed by atoms with Crippen LogP contribution < -0.4 is 5.32 Å². The number of hydrogen-bond acceptors (Lipinski definition) is 3. The van der Waals surface area contributed by atoms with Gasteiger partial charge < -0.3 is 15.0 Å². The van der Waals surface area contributed by atoms with E-state index in [1.54, 1.807) is 11.0 Å². The van der Waals surface area contributed by atoms with Crippen LogP contribution >= 0.6 is 0 Å². The Morgan fingerprint density at radius 1 is 1.41 bits per heavy atom. The fraction of sp³-hybridized carbons (Fsp3) is 0.562.